The summed E-state index contributed by atoms with van der Waals surface area (Å²) in [5, 5.41) is 9.66. The van der Waals surface area contributed by atoms with Gasteiger partial charge in [-0.1, -0.05) is 13.8 Å². The molecule has 34 heavy (non-hydrogen) atoms. The van der Waals surface area contributed by atoms with E-state index in [1.807, 2.05) is 31.3 Å². The highest BCUT2D eigenvalue weighted by molar-refractivity contribution is 5.94. The molecule has 0 aliphatic heterocycles. The highest BCUT2D eigenvalue weighted by atomic mass is 16.5. The molecule has 4 rings (SSSR count). The first-order chi connectivity index (χ1) is 16.4. The van der Waals surface area contributed by atoms with Crippen molar-refractivity contribution in [1.82, 2.24) is 20.1 Å². The van der Waals surface area contributed by atoms with Crippen LogP contribution in [0.3, 0.4) is 0 Å². The Hall–Kier alpha value is -3.36. The molecule has 8 heteroatoms. The van der Waals surface area contributed by atoms with Crippen LogP contribution in [0.25, 0.3) is 33.6 Å². The number of fused-ring (bicyclic) bond motifs is 1. The number of benzene rings is 2. The van der Waals surface area contributed by atoms with Crippen molar-refractivity contribution >= 4 is 10.9 Å². The summed E-state index contributed by atoms with van der Waals surface area (Å²) in [7, 11) is 6.98. The molecule has 2 aromatic carbocycles. The third-order valence-electron chi connectivity index (χ3n) is 5.88. The molecular formula is C26H32N4O4. The van der Waals surface area contributed by atoms with Crippen molar-refractivity contribution < 1.29 is 18.6 Å². The van der Waals surface area contributed by atoms with Crippen LogP contribution >= 0.6 is 0 Å². The summed E-state index contributed by atoms with van der Waals surface area (Å²) in [6, 6.07) is 12.2. The van der Waals surface area contributed by atoms with E-state index < -0.39 is 0 Å². The smallest absolute Gasteiger partial charge is 0.247 e. The Balaban J connectivity index is 1.71. The van der Waals surface area contributed by atoms with Gasteiger partial charge >= 0.3 is 0 Å². The molecule has 0 fully saturated rings. The molecule has 0 saturated carbocycles. The monoisotopic (exact) mass is 464 g/mol. The molecule has 0 radical (unpaired) electrons. The van der Waals surface area contributed by atoms with E-state index in [-0.39, 0.29) is 0 Å². The minimum Gasteiger partial charge on any atom is -0.493 e. The second kappa shape index (κ2) is 10.3. The van der Waals surface area contributed by atoms with E-state index >= 15 is 0 Å². The van der Waals surface area contributed by atoms with E-state index in [9.17, 15) is 0 Å². The molecule has 2 heterocycles. The first-order valence-electron chi connectivity index (χ1n) is 11.3. The number of likely N-dealkylation sites (N-methyl/N-ethyl adjacent to an activating group) is 1. The molecule has 4 aromatic rings. The van der Waals surface area contributed by atoms with E-state index in [2.05, 4.69) is 46.1 Å². The predicted molar refractivity (Wildman–Crippen MR) is 132 cm³/mol. The fourth-order valence-electron chi connectivity index (χ4n) is 4.16. The molecule has 0 atom stereocenters. The van der Waals surface area contributed by atoms with Crippen LogP contribution in [0.15, 0.2) is 40.8 Å². The van der Waals surface area contributed by atoms with Crippen LogP contribution in [0.5, 0.6) is 11.5 Å². The van der Waals surface area contributed by atoms with E-state index in [1.54, 1.807) is 21.3 Å². The molecule has 2 aromatic heterocycles. The van der Waals surface area contributed by atoms with Crippen LogP contribution in [0.2, 0.25) is 0 Å². The van der Waals surface area contributed by atoms with Gasteiger partial charge in [-0.05, 0) is 54.9 Å². The highest BCUT2D eigenvalue weighted by Gasteiger charge is 2.19. The predicted octanol–water partition coefficient (Wildman–Crippen LogP) is 5.10. The van der Waals surface area contributed by atoms with Gasteiger partial charge in [0.1, 0.15) is 0 Å². The Morgan fingerprint density at radius 2 is 1.74 bits per heavy atom. The third kappa shape index (κ3) is 4.78. The van der Waals surface area contributed by atoms with Crippen molar-refractivity contribution in [3.05, 3.63) is 47.9 Å². The molecule has 0 aliphatic rings. The fraction of sp³-hybridized carbons (Fsp3) is 0.385. The van der Waals surface area contributed by atoms with Gasteiger partial charge in [-0.25, -0.2) is 0 Å². The minimum absolute atomic E-state index is 0.291. The first-order valence-corrected chi connectivity index (χ1v) is 11.3. The van der Waals surface area contributed by atoms with Gasteiger partial charge in [-0.15, -0.1) is 10.2 Å². The third-order valence-corrected chi connectivity index (χ3v) is 5.88. The zero-order chi connectivity index (χ0) is 24.2. The number of rotatable bonds is 10. The second-order valence-corrected chi connectivity index (χ2v) is 8.63. The van der Waals surface area contributed by atoms with Crippen molar-refractivity contribution in [2.45, 2.75) is 26.3 Å². The molecule has 0 unspecified atom stereocenters. The lowest BCUT2D eigenvalue weighted by Gasteiger charge is -2.12. The Morgan fingerprint density at radius 1 is 0.971 bits per heavy atom. The molecule has 1 N–H and O–H groups in total. The van der Waals surface area contributed by atoms with Gasteiger partial charge in [0.25, 0.3) is 0 Å². The lowest BCUT2D eigenvalue weighted by molar-refractivity contribution is 0.154. The summed E-state index contributed by atoms with van der Waals surface area (Å²) >= 11 is 0. The number of aromatic nitrogens is 3. The molecular weight excluding hydrogens is 432 g/mol. The number of aromatic amines is 1. The summed E-state index contributed by atoms with van der Waals surface area (Å²) in [5.41, 5.74) is 5.28. The summed E-state index contributed by atoms with van der Waals surface area (Å²) in [4.78, 5) is 5.68. The SMILES string of the molecule is COCCN(C)Cc1nnc(-c2ccc3[nH]c(-c4ccc(OC)c(OC)c4)c(C(C)C)c3c2)o1. The summed E-state index contributed by atoms with van der Waals surface area (Å²) in [6.07, 6.45) is 0. The topological polar surface area (TPSA) is 85.6 Å². The lowest BCUT2D eigenvalue weighted by atomic mass is 9.95. The Bertz CT molecular complexity index is 1260. The fourth-order valence-corrected chi connectivity index (χ4v) is 4.16. The van der Waals surface area contributed by atoms with Crippen molar-refractivity contribution in [2.24, 2.45) is 0 Å². The number of hydrogen-bond acceptors (Lipinski definition) is 7. The van der Waals surface area contributed by atoms with Gasteiger partial charge in [0.05, 0.1) is 33.1 Å². The van der Waals surface area contributed by atoms with E-state index in [1.165, 1.54) is 5.56 Å². The lowest BCUT2D eigenvalue weighted by Crippen LogP contribution is -2.22. The van der Waals surface area contributed by atoms with Gasteiger partial charge in [0.15, 0.2) is 11.5 Å². The van der Waals surface area contributed by atoms with E-state index in [0.29, 0.717) is 42.4 Å². The van der Waals surface area contributed by atoms with Gasteiger partial charge in [0, 0.05) is 35.7 Å². The maximum Gasteiger partial charge on any atom is 0.247 e. The van der Waals surface area contributed by atoms with Crippen LogP contribution < -0.4 is 9.47 Å². The van der Waals surface area contributed by atoms with Crippen molar-refractivity contribution in [2.75, 3.05) is 41.5 Å². The van der Waals surface area contributed by atoms with Crippen molar-refractivity contribution in [1.29, 1.82) is 0 Å². The summed E-state index contributed by atoms with van der Waals surface area (Å²) in [5.74, 6) is 2.79. The standard InChI is InChI=1S/C26H32N4O4/c1-16(2)24-19-13-18(26-29-28-23(34-26)15-30(3)11-12-31-4)7-9-20(19)27-25(24)17-8-10-21(32-5)22(14-17)33-6/h7-10,13-14,16,27H,11-12,15H2,1-6H3. The van der Waals surface area contributed by atoms with Crippen LogP contribution in [0.1, 0.15) is 31.2 Å². The van der Waals surface area contributed by atoms with Crippen molar-refractivity contribution in [3.63, 3.8) is 0 Å². The number of nitrogens with one attached hydrogen (secondary N) is 1. The zero-order valence-electron chi connectivity index (χ0n) is 20.6. The summed E-state index contributed by atoms with van der Waals surface area (Å²) in [6.45, 7) is 6.41. The van der Waals surface area contributed by atoms with Crippen LogP contribution in [0, 0.1) is 0 Å². The van der Waals surface area contributed by atoms with Gasteiger partial charge < -0.3 is 23.6 Å². The normalized spacial score (nSPS) is 11.6. The Kier molecular flexibility index (Phi) is 7.19. The maximum absolute atomic E-state index is 5.97. The number of hydrogen-bond donors (Lipinski definition) is 1. The largest absolute Gasteiger partial charge is 0.493 e. The average molecular weight is 465 g/mol. The van der Waals surface area contributed by atoms with Crippen molar-refractivity contribution in [3.8, 4) is 34.2 Å². The van der Waals surface area contributed by atoms with E-state index in [0.717, 1.165) is 34.3 Å². The molecule has 0 spiro atoms. The zero-order valence-corrected chi connectivity index (χ0v) is 20.6. The molecule has 180 valence electrons. The molecule has 8 nitrogen and oxygen atoms in total. The quantitative estimate of drug-likeness (QED) is 0.349. The summed E-state index contributed by atoms with van der Waals surface area (Å²) < 4.78 is 22.0. The van der Waals surface area contributed by atoms with Crippen LogP contribution in [0.4, 0.5) is 0 Å². The molecule has 0 aliphatic carbocycles. The average Bonchev–Trinajstić information content (AvgIpc) is 3.46. The number of nitrogens with zero attached hydrogens (tertiary/aromatic N) is 3. The number of H-pyrrole nitrogens is 1. The number of methoxy groups -OCH3 is 3. The van der Waals surface area contributed by atoms with Gasteiger partial charge in [0.2, 0.25) is 11.8 Å². The first kappa shape index (κ1) is 23.8. The highest BCUT2D eigenvalue weighted by Crippen LogP contribution is 2.40. The number of ether oxygens (including phenoxy) is 3. The second-order valence-electron chi connectivity index (χ2n) is 8.63. The van der Waals surface area contributed by atoms with E-state index in [4.69, 9.17) is 18.6 Å². The minimum atomic E-state index is 0.291. The molecule has 0 saturated heterocycles. The van der Waals surface area contributed by atoms with Crippen LogP contribution in [-0.2, 0) is 11.3 Å². The Labute approximate surface area is 199 Å². The Morgan fingerprint density at radius 3 is 2.44 bits per heavy atom. The molecule has 0 bridgehead atoms. The van der Waals surface area contributed by atoms with Crippen LogP contribution in [-0.4, -0.2) is 61.6 Å². The maximum atomic E-state index is 5.97. The molecule has 0 amide bonds. The van der Waals surface area contributed by atoms with Gasteiger partial charge in [-0.3, -0.25) is 4.90 Å². The van der Waals surface area contributed by atoms with Gasteiger partial charge in [-0.2, -0.15) is 0 Å².